The summed E-state index contributed by atoms with van der Waals surface area (Å²) < 4.78 is 5.11. The van der Waals surface area contributed by atoms with E-state index >= 15 is 0 Å². The van der Waals surface area contributed by atoms with Crippen LogP contribution in [0, 0.1) is 0 Å². The second kappa shape index (κ2) is 7.17. The number of aryl methyl sites for hydroxylation is 2. The number of amides is 2. The van der Waals surface area contributed by atoms with E-state index in [0.717, 1.165) is 19.3 Å². The highest BCUT2D eigenvalue weighted by Gasteiger charge is 2.14. The number of carbonyl (C=O) groups is 2. The number of hydrogen-bond acceptors (Lipinski definition) is 3. The molecule has 5 nitrogen and oxygen atoms in total. The second-order valence-electron chi connectivity index (χ2n) is 5.80. The Balaban J connectivity index is 1.54. The highest BCUT2D eigenvalue weighted by molar-refractivity contribution is 5.99. The van der Waals surface area contributed by atoms with E-state index < -0.39 is 0 Å². The first-order valence-electron chi connectivity index (χ1n) is 7.99. The number of nitrogens with one attached hydrogen (secondary N) is 2. The average molecular weight is 324 g/mol. The number of ether oxygens (including phenoxy) is 1. The lowest BCUT2D eigenvalue weighted by Crippen LogP contribution is -2.32. The standard InChI is InChI=1S/C19H20N2O3/c1-24-17-7-3-6-16(11-17)21-18(22)12-20-19(23)15-9-8-13-4-2-5-14(13)10-15/h3,6-11H,2,4-5,12H2,1H3,(H,20,23)(H,21,22). The van der Waals surface area contributed by atoms with Crippen LogP contribution in [0.3, 0.4) is 0 Å². The van der Waals surface area contributed by atoms with E-state index in [2.05, 4.69) is 10.6 Å². The summed E-state index contributed by atoms with van der Waals surface area (Å²) in [5, 5.41) is 5.39. The summed E-state index contributed by atoms with van der Waals surface area (Å²) >= 11 is 0. The number of benzene rings is 2. The van der Waals surface area contributed by atoms with Crippen molar-refractivity contribution in [3.63, 3.8) is 0 Å². The highest BCUT2D eigenvalue weighted by atomic mass is 16.5. The van der Waals surface area contributed by atoms with Gasteiger partial charge in [0.15, 0.2) is 0 Å². The normalized spacial score (nSPS) is 12.4. The fourth-order valence-corrected chi connectivity index (χ4v) is 2.88. The third-order valence-electron chi connectivity index (χ3n) is 4.12. The Labute approximate surface area is 141 Å². The van der Waals surface area contributed by atoms with Crippen LogP contribution in [-0.2, 0) is 17.6 Å². The largest absolute Gasteiger partial charge is 0.497 e. The molecule has 1 aliphatic rings. The predicted molar refractivity (Wildman–Crippen MR) is 92.4 cm³/mol. The van der Waals surface area contributed by atoms with Gasteiger partial charge in [0, 0.05) is 17.3 Å². The molecule has 2 N–H and O–H groups in total. The zero-order valence-electron chi connectivity index (χ0n) is 13.6. The number of fused-ring (bicyclic) bond motifs is 1. The minimum atomic E-state index is -0.280. The molecule has 2 aromatic rings. The van der Waals surface area contributed by atoms with Crippen molar-refractivity contribution in [1.82, 2.24) is 5.32 Å². The third-order valence-corrected chi connectivity index (χ3v) is 4.12. The van der Waals surface area contributed by atoms with Crippen LogP contribution < -0.4 is 15.4 Å². The summed E-state index contributed by atoms with van der Waals surface area (Å²) in [6, 6.07) is 12.8. The van der Waals surface area contributed by atoms with Crippen molar-refractivity contribution in [2.75, 3.05) is 19.0 Å². The lowest BCUT2D eigenvalue weighted by Gasteiger charge is -2.09. The van der Waals surface area contributed by atoms with Gasteiger partial charge in [-0.25, -0.2) is 0 Å². The van der Waals surface area contributed by atoms with Crippen molar-refractivity contribution < 1.29 is 14.3 Å². The fourth-order valence-electron chi connectivity index (χ4n) is 2.88. The lowest BCUT2D eigenvalue weighted by molar-refractivity contribution is -0.115. The van der Waals surface area contributed by atoms with Crippen LogP contribution in [0.25, 0.3) is 0 Å². The van der Waals surface area contributed by atoms with Gasteiger partial charge in [-0.3, -0.25) is 9.59 Å². The van der Waals surface area contributed by atoms with Crippen molar-refractivity contribution >= 4 is 17.5 Å². The van der Waals surface area contributed by atoms with E-state index in [1.165, 1.54) is 11.1 Å². The Bertz CT molecular complexity index is 771. The zero-order chi connectivity index (χ0) is 16.9. The smallest absolute Gasteiger partial charge is 0.251 e. The van der Waals surface area contributed by atoms with Crippen LogP contribution in [-0.4, -0.2) is 25.5 Å². The molecule has 0 aromatic heterocycles. The Morgan fingerprint density at radius 3 is 2.75 bits per heavy atom. The maximum absolute atomic E-state index is 12.2. The minimum Gasteiger partial charge on any atom is -0.497 e. The topological polar surface area (TPSA) is 67.4 Å². The van der Waals surface area contributed by atoms with Crippen molar-refractivity contribution in [2.24, 2.45) is 0 Å². The fraction of sp³-hybridized carbons (Fsp3) is 0.263. The first-order valence-corrected chi connectivity index (χ1v) is 7.99. The monoisotopic (exact) mass is 324 g/mol. The first-order chi connectivity index (χ1) is 11.7. The van der Waals surface area contributed by atoms with Gasteiger partial charge in [0.2, 0.25) is 5.91 Å². The molecule has 0 saturated carbocycles. The molecule has 2 aromatic carbocycles. The van der Waals surface area contributed by atoms with Crippen molar-refractivity contribution in [2.45, 2.75) is 19.3 Å². The molecular formula is C19H20N2O3. The molecule has 5 heteroatoms. The Kier molecular flexibility index (Phi) is 4.79. The summed E-state index contributed by atoms with van der Waals surface area (Å²) in [7, 11) is 1.57. The molecule has 3 rings (SSSR count). The summed E-state index contributed by atoms with van der Waals surface area (Å²) in [5.41, 5.74) is 3.79. The molecule has 0 bridgehead atoms. The van der Waals surface area contributed by atoms with E-state index in [9.17, 15) is 9.59 Å². The van der Waals surface area contributed by atoms with Crippen LogP contribution in [0.5, 0.6) is 5.75 Å². The highest BCUT2D eigenvalue weighted by Crippen LogP contribution is 2.22. The van der Waals surface area contributed by atoms with E-state index in [0.29, 0.717) is 17.0 Å². The van der Waals surface area contributed by atoms with Gasteiger partial charge in [-0.15, -0.1) is 0 Å². The molecule has 24 heavy (non-hydrogen) atoms. The van der Waals surface area contributed by atoms with Crippen LogP contribution in [0.15, 0.2) is 42.5 Å². The SMILES string of the molecule is COc1cccc(NC(=O)CNC(=O)c2ccc3c(c2)CCC3)c1. The average Bonchev–Trinajstić information content (AvgIpc) is 3.07. The van der Waals surface area contributed by atoms with Gasteiger partial charge in [0.25, 0.3) is 5.91 Å². The lowest BCUT2D eigenvalue weighted by atomic mass is 10.1. The van der Waals surface area contributed by atoms with E-state index in [-0.39, 0.29) is 18.4 Å². The number of hydrogen-bond donors (Lipinski definition) is 2. The van der Waals surface area contributed by atoms with Gasteiger partial charge < -0.3 is 15.4 Å². The Morgan fingerprint density at radius 1 is 1.08 bits per heavy atom. The first kappa shape index (κ1) is 16.1. The Morgan fingerprint density at radius 2 is 1.92 bits per heavy atom. The molecule has 0 heterocycles. The molecule has 0 unspecified atom stereocenters. The minimum absolute atomic E-state index is 0.0763. The zero-order valence-corrected chi connectivity index (χ0v) is 13.6. The number of methoxy groups -OCH3 is 1. The van der Waals surface area contributed by atoms with Crippen molar-refractivity contribution in [3.8, 4) is 5.75 Å². The Hall–Kier alpha value is -2.82. The van der Waals surface area contributed by atoms with Gasteiger partial charge in [0.1, 0.15) is 5.75 Å². The number of carbonyl (C=O) groups excluding carboxylic acids is 2. The molecule has 124 valence electrons. The van der Waals surface area contributed by atoms with Crippen LogP contribution in [0.1, 0.15) is 27.9 Å². The van der Waals surface area contributed by atoms with Crippen LogP contribution >= 0.6 is 0 Å². The third kappa shape index (κ3) is 3.74. The van der Waals surface area contributed by atoms with Gasteiger partial charge in [-0.2, -0.15) is 0 Å². The molecule has 0 saturated heterocycles. The van der Waals surface area contributed by atoms with E-state index in [1.807, 2.05) is 18.2 Å². The number of rotatable bonds is 5. The van der Waals surface area contributed by atoms with Crippen molar-refractivity contribution in [3.05, 3.63) is 59.2 Å². The van der Waals surface area contributed by atoms with Gasteiger partial charge in [0.05, 0.1) is 13.7 Å². The molecule has 0 spiro atoms. The quantitative estimate of drug-likeness (QED) is 0.888. The summed E-state index contributed by atoms with van der Waals surface area (Å²) in [4.78, 5) is 24.2. The number of anilines is 1. The molecule has 0 radical (unpaired) electrons. The van der Waals surface area contributed by atoms with Gasteiger partial charge in [-0.05, 0) is 54.7 Å². The summed E-state index contributed by atoms with van der Waals surface area (Å²) in [5.74, 6) is 0.151. The maximum Gasteiger partial charge on any atom is 0.251 e. The van der Waals surface area contributed by atoms with Crippen LogP contribution in [0.4, 0.5) is 5.69 Å². The van der Waals surface area contributed by atoms with E-state index in [4.69, 9.17) is 4.74 Å². The predicted octanol–water partition coefficient (Wildman–Crippen LogP) is 2.55. The molecule has 0 fully saturated rings. The van der Waals surface area contributed by atoms with Crippen LogP contribution in [0.2, 0.25) is 0 Å². The summed E-state index contributed by atoms with van der Waals surface area (Å²) in [6.45, 7) is -0.0763. The molecule has 2 amide bonds. The molecule has 0 atom stereocenters. The second-order valence-corrected chi connectivity index (χ2v) is 5.80. The summed E-state index contributed by atoms with van der Waals surface area (Å²) in [6.07, 6.45) is 3.25. The van der Waals surface area contributed by atoms with Crippen molar-refractivity contribution in [1.29, 1.82) is 0 Å². The van der Waals surface area contributed by atoms with E-state index in [1.54, 1.807) is 31.4 Å². The maximum atomic E-state index is 12.2. The molecular weight excluding hydrogens is 304 g/mol. The molecule has 1 aliphatic carbocycles. The van der Waals surface area contributed by atoms with Gasteiger partial charge >= 0.3 is 0 Å². The van der Waals surface area contributed by atoms with Gasteiger partial charge in [-0.1, -0.05) is 12.1 Å². The molecule has 0 aliphatic heterocycles.